The van der Waals surface area contributed by atoms with Gasteiger partial charge in [0.25, 0.3) is 5.91 Å². The predicted octanol–water partition coefficient (Wildman–Crippen LogP) is 3.81. The van der Waals surface area contributed by atoms with Crippen molar-refractivity contribution in [1.82, 2.24) is 9.88 Å². The zero-order valence-corrected chi connectivity index (χ0v) is 16.6. The minimum absolute atomic E-state index is 0.168. The highest BCUT2D eigenvalue weighted by atomic mass is 35.5. The van der Waals surface area contributed by atoms with Crippen LogP contribution in [0.1, 0.15) is 40.6 Å². The second kappa shape index (κ2) is 8.05. The number of ether oxygens (including phenoxy) is 1. The smallest absolute Gasteiger partial charge is 0.342 e. The summed E-state index contributed by atoms with van der Waals surface area (Å²) in [6, 6.07) is 7.28. The third-order valence-electron chi connectivity index (χ3n) is 4.64. The van der Waals surface area contributed by atoms with E-state index >= 15 is 0 Å². The zero-order valence-electron chi connectivity index (χ0n) is 15.8. The summed E-state index contributed by atoms with van der Waals surface area (Å²) in [5.41, 5.74) is 2.74. The molecule has 1 aromatic heterocycles. The van der Waals surface area contributed by atoms with Gasteiger partial charge in [-0.05, 0) is 31.9 Å². The molecule has 7 heteroatoms. The number of halogens is 1. The Labute approximate surface area is 164 Å². The summed E-state index contributed by atoms with van der Waals surface area (Å²) in [5, 5.41) is 0.621. The molecular weight excluding hydrogens is 366 g/mol. The Morgan fingerprint density at radius 2 is 1.81 bits per heavy atom. The molecule has 2 heterocycles. The molecule has 27 heavy (non-hydrogen) atoms. The maximum Gasteiger partial charge on any atom is 0.342 e. The van der Waals surface area contributed by atoms with Gasteiger partial charge in [-0.3, -0.25) is 4.79 Å². The molecule has 1 aliphatic heterocycles. The van der Waals surface area contributed by atoms with Crippen molar-refractivity contribution in [2.45, 2.75) is 19.8 Å². The molecule has 3 rings (SSSR count). The van der Waals surface area contributed by atoms with Crippen LogP contribution in [0.4, 0.5) is 5.69 Å². The SMILES string of the molecule is CCOC(=O)c1c(C(=O)N2CCCC2)[nH]c(-c2ccc(Cl)cc2)c1N(C)C. The molecular formula is C20H24ClN3O3. The van der Waals surface area contributed by atoms with Gasteiger partial charge in [-0.2, -0.15) is 0 Å². The van der Waals surface area contributed by atoms with E-state index in [1.807, 2.05) is 31.1 Å². The van der Waals surface area contributed by atoms with Crippen LogP contribution < -0.4 is 4.90 Å². The molecule has 0 saturated carbocycles. The van der Waals surface area contributed by atoms with Gasteiger partial charge in [0.05, 0.1) is 18.0 Å². The van der Waals surface area contributed by atoms with E-state index in [1.165, 1.54) is 0 Å². The van der Waals surface area contributed by atoms with Crippen LogP contribution in [0.25, 0.3) is 11.3 Å². The van der Waals surface area contributed by atoms with Crippen LogP contribution in [0.2, 0.25) is 5.02 Å². The zero-order chi connectivity index (χ0) is 19.6. The van der Waals surface area contributed by atoms with Crippen molar-refractivity contribution >= 4 is 29.2 Å². The van der Waals surface area contributed by atoms with E-state index in [9.17, 15) is 9.59 Å². The summed E-state index contributed by atoms with van der Waals surface area (Å²) in [6.07, 6.45) is 1.96. The lowest BCUT2D eigenvalue weighted by Gasteiger charge is -2.17. The fraction of sp³-hybridized carbons (Fsp3) is 0.400. The number of nitrogens with one attached hydrogen (secondary N) is 1. The molecule has 1 aromatic carbocycles. The van der Waals surface area contributed by atoms with Crippen LogP contribution in [0.15, 0.2) is 24.3 Å². The summed E-state index contributed by atoms with van der Waals surface area (Å²) in [7, 11) is 3.69. The monoisotopic (exact) mass is 389 g/mol. The number of esters is 1. The Hall–Kier alpha value is -2.47. The fourth-order valence-corrected chi connectivity index (χ4v) is 3.53. The first-order valence-corrected chi connectivity index (χ1v) is 9.47. The average molecular weight is 390 g/mol. The first kappa shape index (κ1) is 19.3. The van der Waals surface area contributed by atoms with E-state index in [0.717, 1.165) is 18.4 Å². The number of carbonyl (C=O) groups is 2. The first-order chi connectivity index (χ1) is 12.9. The Kier molecular flexibility index (Phi) is 5.75. The standard InChI is InChI=1S/C20H24ClN3O3/c1-4-27-20(26)15-17(19(25)24-11-5-6-12-24)22-16(18(15)23(2)3)13-7-9-14(21)10-8-13/h7-10,22H,4-6,11-12H2,1-3H3. The van der Waals surface area contributed by atoms with Gasteiger partial charge in [-0.25, -0.2) is 4.79 Å². The maximum absolute atomic E-state index is 13.1. The summed E-state index contributed by atoms with van der Waals surface area (Å²) in [6.45, 7) is 3.40. The molecule has 1 saturated heterocycles. The first-order valence-electron chi connectivity index (χ1n) is 9.09. The molecule has 0 bridgehead atoms. The third kappa shape index (κ3) is 3.81. The number of hydrogen-bond donors (Lipinski definition) is 1. The van der Waals surface area contributed by atoms with Crippen LogP contribution in [-0.2, 0) is 4.74 Å². The van der Waals surface area contributed by atoms with Crippen LogP contribution in [0.5, 0.6) is 0 Å². The van der Waals surface area contributed by atoms with Gasteiger partial charge in [0.15, 0.2) is 0 Å². The number of likely N-dealkylation sites (tertiary alicyclic amines) is 1. The van der Waals surface area contributed by atoms with Gasteiger partial charge in [0, 0.05) is 37.8 Å². The number of aromatic nitrogens is 1. The van der Waals surface area contributed by atoms with E-state index in [0.29, 0.717) is 29.5 Å². The normalized spacial score (nSPS) is 13.7. The number of H-pyrrole nitrogens is 1. The third-order valence-corrected chi connectivity index (χ3v) is 4.89. The lowest BCUT2D eigenvalue weighted by atomic mass is 10.1. The minimum atomic E-state index is -0.500. The molecule has 2 aromatic rings. The van der Waals surface area contributed by atoms with E-state index in [-0.39, 0.29) is 23.8 Å². The van der Waals surface area contributed by atoms with Gasteiger partial charge in [0.2, 0.25) is 0 Å². The molecule has 0 unspecified atom stereocenters. The second-order valence-electron chi connectivity index (χ2n) is 6.72. The van der Waals surface area contributed by atoms with Crippen LogP contribution in [0, 0.1) is 0 Å². The number of rotatable bonds is 5. The van der Waals surface area contributed by atoms with Crippen molar-refractivity contribution in [2.24, 2.45) is 0 Å². The summed E-state index contributed by atoms with van der Waals surface area (Å²) in [4.78, 5) is 32.7. The number of nitrogens with zero attached hydrogens (tertiary/aromatic N) is 2. The summed E-state index contributed by atoms with van der Waals surface area (Å²) in [5.74, 6) is -0.668. The van der Waals surface area contributed by atoms with Crippen molar-refractivity contribution in [3.63, 3.8) is 0 Å². The minimum Gasteiger partial charge on any atom is -0.462 e. The molecule has 0 spiro atoms. The van der Waals surface area contributed by atoms with Gasteiger partial charge < -0.3 is 19.5 Å². The van der Waals surface area contributed by atoms with Crippen molar-refractivity contribution in [2.75, 3.05) is 38.7 Å². The molecule has 1 N–H and O–H groups in total. The molecule has 6 nitrogen and oxygen atoms in total. The fourth-order valence-electron chi connectivity index (χ4n) is 3.40. The van der Waals surface area contributed by atoms with Crippen LogP contribution in [0.3, 0.4) is 0 Å². The number of carbonyl (C=O) groups excluding carboxylic acids is 2. The highest BCUT2D eigenvalue weighted by Gasteiger charge is 2.32. The quantitative estimate of drug-likeness (QED) is 0.789. The summed E-state index contributed by atoms with van der Waals surface area (Å²) >= 11 is 6.01. The van der Waals surface area contributed by atoms with Gasteiger partial charge in [0.1, 0.15) is 11.3 Å². The predicted molar refractivity (Wildman–Crippen MR) is 107 cm³/mol. The Bertz CT molecular complexity index is 837. The number of benzene rings is 1. The lowest BCUT2D eigenvalue weighted by Crippen LogP contribution is -2.29. The second-order valence-corrected chi connectivity index (χ2v) is 7.16. The van der Waals surface area contributed by atoms with Crippen molar-refractivity contribution in [3.05, 3.63) is 40.5 Å². The van der Waals surface area contributed by atoms with Gasteiger partial charge >= 0.3 is 5.97 Å². The molecule has 1 fully saturated rings. The van der Waals surface area contributed by atoms with Gasteiger partial charge in [-0.15, -0.1) is 0 Å². The Morgan fingerprint density at radius 3 is 2.37 bits per heavy atom. The maximum atomic E-state index is 13.1. The lowest BCUT2D eigenvalue weighted by molar-refractivity contribution is 0.0520. The topological polar surface area (TPSA) is 65.6 Å². The molecule has 0 aliphatic carbocycles. The molecule has 144 valence electrons. The van der Waals surface area contributed by atoms with Crippen LogP contribution >= 0.6 is 11.6 Å². The largest absolute Gasteiger partial charge is 0.462 e. The number of anilines is 1. The number of aromatic amines is 1. The average Bonchev–Trinajstić information content (AvgIpc) is 3.30. The van der Waals surface area contributed by atoms with E-state index in [2.05, 4.69) is 4.98 Å². The Balaban J connectivity index is 2.18. The highest BCUT2D eigenvalue weighted by Crippen LogP contribution is 2.37. The number of hydrogen-bond acceptors (Lipinski definition) is 4. The van der Waals surface area contributed by atoms with Crippen molar-refractivity contribution in [1.29, 1.82) is 0 Å². The molecule has 1 aliphatic rings. The van der Waals surface area contributed by atoms with Gasteiger partial charge in [-0.1, -0.05) is 23.7 Å². The van der Waals surface area contributed by atoms with E-state index in [4.69, 9.17) is 16.3 Å². The molecule has 0 radical (unpaired) electrons. The van der Waals surface area contributed by atoms with E-state index < -0.39 is 5.97 Å². The molecule has 1 amide bonds. The van der Waals surface area contributed by atoms with Crippen LogP contribution in [-0.4, -0.2) is 55.6 Å². The van der Waals surface area contributed by atoms with E-state index in [1.54, 1.807) is 24.0 Å². The highest BCUT2D eigenvalue weighted by molar-refractivity contribution is 6.30. The Morgan fingerprint density at radius 1 is 1.19 bits per heavy atom. The van der Waals surface area contributed by atoms with Crippen molar-refractivity contribution in [3.8, 4) is 11.3 Å². The number of amides is 1. The summed E-state index contributed by atoms with van der Waals surface area (Å²) < 4.78 is 5.26. The van der Waals surface area contributed by atoms with Crippen molar-refractivity contribution < 1.29 is 14.3 Å². The molecule has 0 atom stereocenters.